The standard InChI is InChI=1S/C15H22BrNO3/c1-5-17(6-2)15(19)11(4)20-14-9-12(16)7-8-13(14)10(3)18/h7-11,18H,5-6H2,1-4H3. The minimum atomic E-state index is -0.645. The van der Waals surface area contributed by atoms with Gasteiger partial charge in [0, 0.05) is 23.1 Å². The monoisotopic (exact) mass is 343 g/mol. The number of benzene rings is 1. The normalized spacial score (nSPS) is 13.7. The second kappa shape index (κ2) is 7.64. The maximum atomic E-state index is 12.2. The molecule has 4 nitrogen and oxygen atoms in total. The van der Waals surface area contributed by atoms with Gasteiger partial charge in [0.25, 0.3) is 5.91 Å². The summed E-state index contributed by atoms with van der Waals surface area (Å²) in [6.45, 7) is 8.60. The molecule has 0 aliphatic carbocycles. The average Bonchev–Trinajstić information content (AvgIpc) is 2.39. The Morgan fingerprint density at radius 2 is 1.95 bits per heavy atom. The van der Waals surface area contributed by atoms with Crippen molar-refractivity contribution in [2.45, 2.75) is 39.9 Å². The van der Waals surface area contributed by atoms with E-state index in [1.54, 1.807) is 30.9 Å². The Bertz CT molecular complexity index is 458. The fourth-order valence-corrected chi connectivity index (χ4v) is 2.33. The molecule has 0 saturated carbocycles. The van der Waals surface area contributed by atoms with Crippen molar-refractivity contribution in [1.82, 2.24) is 4.90 Å². The highest BCUT2D eigenvalue weighted by Crippen LogP contribution is 2.29. The molecule has 1 N–H and O–H groups in total. The predicted molar refractivity (Wildman–Crippen MR) is 82.8 cm³/mol. The van der Waals surface area contributed by atoms with Gasteiger partial charge in [-0.25, -0.2) is 0 Å². The molecule has 0 bridgehead atoms. The lowest BCUT2D eigenvalue weighted by Crippen LogP contribution is -2.40. The molecule has 2 atom stereocenters. The molecule has 112 valence electrons. The van der Waals surface area contributed by atoms with Gasteiger partial charge in [-0.15, -0.1) is 0 Å². The van der Waals surface area contributed by atoms with Crippen molar-refractivity contribution in [3.63, 3.8) is 0 Å². The maximum absolute atomic E-state index is 12.2. The molecule has 5 heteroatoms. The zero-order chi connectivity index (χ0) is 15.3. The summed E-state index contributed by atoms with van der Waals surface area (Å²) >= 11 is 3.37. The van der Waals surface area contributed by atoms with Crippen LogP contribution in [0.3, 0.4) is 0 Å². The number of hydrogen-bond acceptors (Lipinski definition) is 3. The Morgan fingerprint density at radius 1 is 1.35 bits per heavy atom. The first-order chi connectivity index (χ1) is 9.40. The first-order valence-corrected chi connectivity index (χ1v) is 7.62. The van der Waals surface area contributed by atoms with Crippen LogP contribution >= 0.6 is 15.9 Å². The molecule has 0 radical (unpaired) electrons. The molecule has 1 aromatic rings. The molecule has 0 heterocycles. The topological polar surface area (TPSA) is 49.8 Å². The van der Waals surface area contributed by atoms with Gasteiger partial charge in [0.1, 0.15) is 5.75 Å². The van der Waals surface area contributed by atoms with Crippen molar-refractivity contribution in [2.75, 3.05) is 13.1 Å². The van der Waals surface area contributed by atoms with Crippen LogP contribution in [0.4, 0.5) is 0 Å². The zero-order valence-electron chi connectivity index (χ0n) is 12.4. The van der Waals surface area contributed by atoms with Gasteiger partial charge < -0.3 is 14.7 Å². The van der Waals surface area contributed by atoms with E-state index in [9.17, 15) is 9.90 Å². The van der Waals surface area contributed by atoms with E-state index in [-0.39, 0.29) is 5.91 Å². The number of ether oxygens (including phenoxy) is 1. The number of carbonyl (C=O) groups is 1. The van der Waals surface area contributed by atoms with Gasteiger partial charge in [0.2, 0.25) is 0 Å². The number of nitrogens with zero attached hydrogens (tertiary/aromatic N) is 1. The van der Waals surface area contributed by atoms with E-state index in [1.165, 1.54) is 0 Å². The second-order valence-electron chi connectivity index (χ2n) is 4.63. The molecule has 20 heavy (non-hydrogen) atoms. The number of rotatable bonds is 6. The molecule has 1 amide bonds. The van der Waals surface area contributed by atoms with E-state index in [0.29, 0.717) is 24.4 Å². The number of aliphatic hydroxyl groups is 1. The summed E-state index contributed by atoms with van der Waals surface area (Å²) in [4.78, 5) is 13.9. The van der Waals surface area contributed by atoms with E-state index >= 15 is 0 Å². The van der Waals surface area contributed by atoms with Crippen LogP contribution in [0.1, 0.15) is 39.4 Å². The molecule has 1 aromatic carbocycles. The van der Waals surface area contributed by atoms with E-state index < -0.39 is 12.2 Å². The van der Waals surface area contributed by atoms with Gasteiger partial charge in [0.05, 0.1) is 6.10 Å². The van der Waals surface area contributed by atoms with Crippen LogP contribution in [-0.2, 0) is 4.79 Å². The summed E-state index contributed by atoms with van der Waals surface area (Å²) < 4.78 is 6.60. The first-order valence-electron chi connectivity index (χ1n) is 6.83. The third kappa shape index (κ3) is 4.21. The van der Waals surface area contributed by atoms with Gasteiger partial charge in [-0.1, -0.05) is 22.0 Å². The third-order valence-corrected chi connectivity index (χ3v) is 3.65. The van der Waals surface area contributed by atoms with Crippen LogP contribution in [-0.4, -0.2) is 35.1 Å². The summed E-state index contributed by atoms with van der Waals surface area (Å²) in [6, 6.07) is 5.40. The summed E-state index contributed by atoms with van der Waals surface area (Å²) in [5.41, 5.74) is 0.674. The van der Waals surface area contributed by atoms with Gasteiger partial charge >= 0.3 is 0 Å². The van der Waals surface area contributed by atoms with Gasteiger partial charge in [-0.05, 0) is 39.8 Å². The molecule has 2 unspecified atom stereocenters. The predicted octanol–water partition coefficient (Wildman–Crippen LogP) is 3.14. The van der Waals surface area contributed by atoms with Crippen LogP contribution < -0.4 is 4.74 Å². The molecule has 1 rings (SSSR count). The number of likely N-dealkylation sites (N-methyl/N-ethyl adjacent to an activating group) is 1. The lowest BCUT2D eigenvalue weighted by atomic mass is 10.1. The molecule has 0 aromatic heterocycles. The average molecular weight is 344 g/mol. The van der Waals surface area contributed by atoms with E-state index in [0.717, 1.165) is 4.47 Å². The third-order valence-electron chi connectivity index (χ3n) is 3.15. The van der Waals surface area contributed by atoms with Crippen molar-refractivity contribution in [1.29, 1.82) is 0 Å². The maximum Gasteiger partial charge on any atom is 0.263 e. The summed E-state index contributed by atoms with van der Waals surface area (Å²) in [6.07, 6.45) is -1.23. The number of hydrogen-bond donors (Lipinski definition) is 1. The molecule has 0 saturated heterocycles. The van der Waals surface area contributed by atoms with Gasteiger partial charge in [0.15, 0.2) is 6.10 Å². The Morgan fingerprint density at radius 3 is 2.45 bits per heavy atom. The fraction of sp³-hybridized carbons (Fsp3) is 0.533. The Hall–Kier alpha value is -1.07. The highest BCUT2D eigenvalue weighted by molar-refractivity contribution is 9.10. The van der Waals surface area contributed by atoms with Crippen molar-refractivity contribution in [3.8, 4) is 5.75 Å². The van der Waals surface area contributed by atoms with Crippen LogP contribution in [0.25, 0.3) is 0 Å². The molecule has 0 fully saturated rings. The molecular formula is C15H22BrNO3. The highest BCUT2D eigenvalue weighted by Gasteiger charge is 2.21. The second-order valence-corrected chi connectivity index (χ2v) is 5.54. The van der Waals surface area contributed by atoms with Crippen molar-refractivity contribution >= 4 is 21.8 Å². The zero-order valence-corrected chi connectivity index (χ0v) is 14.0. The number of halogens is 1. The minimum absolute atomic E-state index is 0.0495. The minimum Gasteiger partial charge on any atom is -0.480 e. The van der Waals surface area contributed by atoms with Gasteiger partial charge in [-0.2, -0.15) is 0 Å². The first kappa shape index (κ1) is 17.0. The van der Waals surface area contributed by atoms with Crippen molar-refractivity contribution in [3.05, 3.63) is 28.2 Å². The number of amides is 1. The summed E-state index contributed by atoms with van der Waals surface area (Å²) in [5, 5.41) is 9.76. The lowest BCUT2D eigenvalue weighted by molar-refractivity contribution is -0.137. The van der Waals surface area contributed by atoms with Crippen molar-refractivity contribution < 1.29 is 14.6 Å². The van der Waals surface area contributed by atoms with E-state index in [1.807, 2.05) is 19.9 Å². The Balaban J connectivity index is 2.92. The Labute approximate surface area is 128 Å². The molecule has 0 aliphatic heterocycles. The number of aliphatic hydroxyl groups excluding tert-OH is 1. The lowest BCUT2D eigenvalue weighted by Gasteiger charge is -2.24. The SMILES string of the molecule is CCN(CC)C(=O)C(C)Oc1cc(Br)ccc1C(C)O. The fourth-order valence-electron chi connectivity index (χ4n) is 1.99. The van der Waals surface area contributed by atoms with Crippen LogP contribution in [0.15, 0.2) is 22.7 Å². The van der Waals surface area contributed by atoms with E-state index in [4.69, 9.17) is 4.74 Å². The van der Waals surface area contributed by atoms with E-state index in [2.05, 4.69) is 15.9 Å². The van der Waals surface area contributed by atoms with Crippen LogP contribution in [0.2, 0.25) is 0 Å². The van der Waals surface area contributed by atoms with Crippen LogP contribution in [0.5, 0.6) is 5.75 Å². The molecule has 0 spiro atoms. The number of carbonyl (C=O) groups excluding carboxylic acids is 1. The Kier molecular flexibility index (Phi) is 6.49. The van der Waals surface area contributed by atoms with Crippen molar-refractivity contribution in [2.24, 2.45) is 0 Å². The van der Waals surface area contributed by atoms with Crippen LogP contribution in [0, 0.1) is 0 Å². The highest BCUT2D eigenvalue weighted by atomic mass is 79.9. The summed E-state index contributed by atoms with van der Waals surface area (Å²) in [7, 11) is 0. The summed E-state index contributed by atoms with van der Waals surface area (Å²) in [5.74, 6) is 0.480. The smallest absolute Gasteiger partial charge is 0.263 e. The quantitative estimate of drug-likeness (QED) is 0.863. The van der Waals surface area contributed by atoms with Gasteiger partial charge in [-0.3, -0.25) is 4.79 Å². The largest absolute Gasteiger partial charge is 0.480 e. The molecular weight excluding hydrogens is 322 g/mol. The molecule has 0 aliphatic rings.